The van der Waals surface area contributed by atoms with Crippen LogP contribution in [-0.2, 0) is 112 Å². The molecule has 21 saturated heterocycles. The van der Waals surface area contributed by atoms with Gasteiger partial charge in [0.2, 0.25) is 0 Å². The smallest absolute Gasteiger partial charge is 0.187 e. The van der Waals surface area contributed by atoms with Gasteiger partial charge in [0, 0.05) is 84.9 Å². The highest BCUT2D eigenvalue weighted by Crippen LogP contribution is 2.40. The Hall–Kier alpha value is -7.07. The molecule has 21 aliphatic rings. The minimum absolute atomic E-state index is 0.154. The topological polar surface area (TPSA) is 440 Å². The molecule has 0 spiro atoms. The standard InChI is InChI=1S/C77H98N7O28/c85-50-57(92)71-99-43(36-78-22-8-1-9-23-78)64(50)106-72-58(93)51(86)66(45(100-72)38-80-26-12-3-13-27-80)108-74-60(95)53(88)68(47(102-74)40-82-30-16-5-17-31-82)110-76-62(97)55(90)70(49(104-76)42-84-34-20-7-21-35-84)112-77-63(98)56(91)69(48(105-77)41-83-32-18-6-19-33-83)111-75-61(96)54(89)67(46(103-75)39-81-28-14-4-15-29-81)109-73-59(94)52(87)65(107-71)44(101-73)37-79-24-10-2-11-25-79/h1-35,43-77,85-98H,36-42H2/q+7/t43-,44-,45-,46-,47-,48-,49-,50-,51-,52-,53-,54-,55-,56-,57-,58-,59-,60-,61-,62-,63-,64-,65-,66-,67-,68-,69-,70-,71-,72-,73-,74-,75-,76-,77-/m1/s1. The van der Waals surface area contributed by atoms with Gasteiger partial charge in [0.15, 0.2) is 177 Å². The van der Waals surface area contributed by atoms with Crippen LogP contribution < -0.4 is 32.0 Å². The van der Waals surface area contributed by atoms with Crippen LogP contribution in [0.2, 0.25) is 0 Å². The maximum atomic E-state index is 12.5. The summed E-state index contributed by atoms with van der Waals surface area (Å²) in [5.41, 5.74) is 0. The van der Waals surface area contributed by atoms with Gasteiger partial charge in [-0.05, 0) is 0 Å². The lowest BCUT2D eigenvalue weighted by Gasteiger charge is -2.49. The predicted molar refractivity (Wildman–Crippen MR) is 365 cm³/mol. The fraction of sp³-hybridized carbons (Fsp3) is 0.545. The van der Waals surface area contributed by atoms with E-state index in [1.807, 2.05) is 0 Å². The second-order valence-corrected chi connectivity index (χ2v) is 29.4. The Labute approximate surface area is 642 Å². The number of hydrogen-bond donors (Lipinski definition) is 14. The van der Waals surface area contributed by atoms with Gasteiger partial charge < -0.3 is 138 Å². The first-order valence-electron chi connectivity index (χ1n) is 37.6. The van der Waals surface area contributed by atoms with E-state index in [1.165, 1.54) is 0 Å². The van der Waals surface area contributed by atoms with E-state index in [-0.39, 0.29) is 45.8 Å². The summed E-state index contributed by atoms with van der Waals surface area (Å²) in [4.78, 5) is 0. The molecule has 7 aromatic heterocycles. The molecule has 14 bridgehead atoms. The second kappa shape index (κ2) is 36.0. The van der Waals surface area contributed by atoms with E-state index in [0.717, 1.165) is 0 Å². The number of ether oxygens (including phenoxy) is 14. The molecule has 0 saturated carbocycles. The first-order chi connectivity index (χ1) is 54.3. The highest BCUT2D eigenvalue weighted by Gasteiger charge is 2.62. The third kappa shape index (κ3) is 17.8. The molecule has 28 rings (SSSR count). The third-order valence-electron chi connectivity index (χ3n) is 21.7. The Balaban J connectivity index is 0.805. The van der Waals surface area contributed by atoms with E-state index in [1.54, 1.807) is 246 Å². The van der Waals surface area contributed by atoms with Crippen molar-refractivity contribution in [1.29, 1.82) is 0 Å². The van der Waals surface area contributed by atoms with Crippen LogP contribution in [0.15, 0.2) is 214 Å². The molecule has 21 aliphatic heterocycles. The van der Waals surface area contributed by atoms with Crippen molar-refractivity contribution in [1.82, 2.24) is 0 Å². The molecule has 21 fully saturated rings. The van der Waals surface area contributed by atoms with Crippen LogP contribution >= 0.6 is 0 Å². The molecule has 0 unspecified atom stereocenters. The monoisotopic (exact) mass is 1570 g/mol. The zero-order valence-corrected chi connectivity index (χ0v) is 60.5. The summed E-state index contributed by atoms with van der Waals surface area (Å²) >= 11 is 0. The molecule has 0 radical (unpaired) electrons. The normalized spacial score (nSPS) is 41.5. The zero-order chi connectivity index (χ0) is 77.8. The molecular weight excluding hydrogens is 1470 g/mol. The molecule has 0 aliphatic carbocycles. The third-order valence-corrected chi connectivity index (χ3v) is 21.7. The van der Waals surface area contributed by atoms with Crippen molar-refractivity contribution in [2.75, 3.05) is 0 Å². The van der Waals surface area contributed by atoms with Crippen LogP contribution in [0.3, 0.4) is 0 Å². The number of nitrogens with zero attached hydrogens (tertiary/aromatic N) is 7. The van der Waals surface area contributed by atoms with Gasteiger partial charge in [-0.2, -0.15) is 0 Å². The van der Waals surface area contributed by atoms with Crippen molar-refractivity contribution in [2.45, 2.75) is 261 Å². The lowest BCUT2D eigenvalue weighted by Crippen LogP contribution is -2.69. The second-order valence-electron chi connectivity index (χ2n) is 29.4. The summed E-state index contributed by atoms with van der Waals surface area (Å²) in [7, 11) is 0. The molecule has 0 aromatic carbocycles. The van der Waals surface area contributed by atoms with E-state index in [4.69, 9.17) is 66.3 Å². The molecule has 0 amide bonds. The van der Waals surface area contributed by atoms with Crippen molar-refractivity contribution < 1.29 is 170 Å². The molecule has 35 nitrogen and oxygen atoms in total. The van der Waals surface area contributed by atoms with Crippen molar-refractivity contribution in [3.63, 3.8) is 0 Å². The zero-order valence-electron chi connectivity index (χ0n) is 60.5. The van der Waals surface area contributed by atoms with Crippen LogP contribution in [0.1, 0.15) is 0 Å². The maximum absolute atomic E-state index is 12.5. The fourth-order valence-corrected chi connectivity index (χ4v) is 15.8. The van der Waals surface area contributed by atoms with Gasteiger partial charge >= 0.3 is 0 Å². The number of pyridine rings is 7. The molecule has 35 heteroatoms. The lowest BCUT2D eigenvalue weighted by molar-refractivity contribution is -0.711. The van der Waals surface area contributed by atoms with Crippen LogP contribution in [0.25, 0.3) is 0 Å². The van der Waals surface area contributed by atoms with Gasteiger partial charge in [-0.25, -0.2) is 32.0 Å². The summed E-state index contributed by atoms with van der Waals surface area (Å²) in [5.74, 6) is 0. The number of hydrogen-bond acceptors (Lipinski definition) is 28. The van der Waals surface area contributed by atoms with Crippen LogP contribution in [0, 0.1) is 0 Å². The minimum Gasteiger partial charge on any atom is -0.387 e. The molecule has 7 aromatic rings. The van der Waals surface area contributed by atoms with E-state index in [9.17, 15) is 71.5 Å². The van der Waals surface area contributed by atoms with Crippen LogP contribution in [0.5, 0.6) is 0 Å². The molecule has 14 N–H and O–H groups in total. The van der Waals surface area contributed by atoms with E-state index < -0.39 is 215 Å². The first kappa shape index (κ1) is 80.1. The van der Waals surface area contributed by atoms with Crippen molar-refractivity contribution in [2.24, 2.45) is 0 Å². The number of aliphatic hydroxyl groups is 14. The summed E-state index contributed by atoms with van der Waals surface area (Å²) in [6, 6.07) is 36.4. The minimum atomic E-state index is -2.07. The van der Waals surface area contributed by atoms with Crippen LogP contribution in [0.4, 0.5) is 0 Å². The van der Waals surface area contributed by atoms with E-state index in [0.29, 0.717) is 0 Å². The van der Waals surface area contributed by atoms with Crippen molar-refractivity contribution in [3.05, 3.63) is 214 Å². The summed E-state index contributed by atoms with van der Waals surface area (Å²) in [6.07, 6.45) is -39.1. The van der Waals surface area contributed by atoms with Gasteiger partial charge in [-0.3, -0.25) is 0 Å². The number of rotatable bonds is 14. The maximum Gasteiger partial charge on any atom is 0.187 e. The average Bonchev–Trinajstić information content (AvgIpc) is 0.774. The molecule has 112 heavy (non-hydrogen) atoms. The van der Waals surface area contributed by atoms with Crippen molar-refractivity contribution >= 4 is 0 Å². The number of aliphatic hydroxyl groups excluding tert-OH is 14. The Kier molecular flexibility index (Phi) is 25.7. The molecule has 28 heterocycles. The summed E-state index contributed by atoms with van der Waals surface area (Å²) in [5, 5.41) is 174. The first-order valence-corrected chi connectivity index (χ1v) is 37.6. The van der Waals surface area contributed by atoms with Crippen molar-refractivity contribution in [3.8, 4) is 0 Å². The van der Waals surface area contributed by atoms with E-state index in [2.05, 4.69) is 0 Å². The van der Waals surface area contributed by atoms with Gasteiger partial charge in [0.25, 0.3) is 0 Å². The highest BCUT2D eigenvalue weighted by molar-refractivity contribution is 5.03. The summed E-state index contributed by atoms with van der Waals surface area (Å²) in [6.45, 7) is -1.08. The average molecular weight is 1570 g/mol. The van der Waals surface area contributed by atoms with E-state index >= 15 is 0 Å². The Morgan fingerprint density at radius 1 is 0.143 bits per heavy atom. The van der Waals surface area contributed by atoms with Gasteiger partial charge in [-0.1, -0.05) is 42.5 Å². The van der Waals surface area contributed by atoms with Gasteiger partial charge in [0.1, 0.15) is 171 Å². The highest BCUT2D eigenvalue weighted by atomic mass is 16.8. The van der Waals surface area contributed by atoms with Gasteiger partial charge in [0.05, 0.1) is 0 Å². The Morgan fingerprint density at radius 3 is 0.357 bits per heavy atom. The SMILES string of the molecule is O[C@@H]1[C@@H](O)[C@H]2O[C@H]3[C@H](O)[C@@H](O)[C@@H](O[C@H]4[C@H](O)[C@@H](O)[C@@H](O[C@H]5[C@H](O)[C@@H](O)[C@@H](O[C@H]6[C@H](O)[C@@H](O)[C@@H](O[C@H]7[C@H](O)[C@@H](O)[C@@H](O[C@H]8[C@H](O)[C@@H](O)[C@@H](O[C@@H]1[C@@H](C[n+]1ccccc1)O2)O[C@@H]8C[n+]1ccccc1)O[C@@H]7C[n+]1ccccc1)O[C@@H]6C[n+]1ccccc1)O[C@@H]5C[n+]1ccccc1)O[C@@H]4C[n+]1ccccc1)O[C@@H]3C[n+]1ccccc1. The number of aromatic nitrogens is 7. The largest absolute Gasteiger partial charge is 0.387 e. The fourth-order valence-electron chi connectivity index (χ4n) is 15.8. The Bertz CT molecular complexity index is 3320. The Morgan fingerprint density at radius 2 is 0.250 bits per heavy atom. The summed E-state index contributed by atoms with van der Waals surface area (Å²) < 4.78 is 104. The molecule has 35 atom stereocenters. The predicted octanol–water partition coefficient (Wildman–Crippen LogP) is -8.26. The quantitative estimate of drug-likeness (QED) is 0.0450. The van der Waals surface area contributed by atoms with Crippen LogP contribution in [-0.4, -0.2) is 286 Å². The molecular formula is C77H98N7O28+7. The lowest BCUT2D eigenvalue weighted by atomic mass is 9.94. The van der Waals surface area contributed by atoms with Gasteiger partial charge in [-0.15, -0.1) is 0 Å². The molecule has 602 valence electrons.